The molecule has 0 fully saturated rings. The van der Waals surface area contributed by atoms with Gasteiger partial charge in [-0.25, -0.2) is 0 Å². The molecule has 0 atom stereocenters. The second kappa shape index (κ2) is 8.60. The van der Waals surface area contributed by atoms with E-state index in [-0.39, 0.29) is 11.6 Å². The van der Waals surface area contributed by atoms with Gasteiger partial charge in [-0.05, 0) is 66.9 Å². The monoisotopic (exact) mass is 381 g/mol. The highest BCUT2D eigenvalue weighted by Crippen LogP contribution is 2.20. The smallest absolute Gasteiger partial charge is 0.276 e. The SMILES string of the molecule is Cc1cc(Cl)ccc1NC(=O)c1ccc(N(C)CCc2ccncc2)nn1. The van der Waals surface area contributed by atoms with Crippen LogP contribution in [0.25, 0.3) is 0 Å². The third-order valence-corrected chi connectivity index (χ3v) is 4.43. The molecule has 138 valence electrons. The molecule has 6 nitrogen and oxygen atoms in total. The van der Waals surface area contributed by atoms with Crippen molar-refractivity contribution in [3.05, 3.63) is 76.7 Å². The van der Waals surface area contributed by atoms with Crippen LogP contribution in [0.3, 0.4) is 0 Å². The number of benzene rings is 1. The molecule has 1 amide bonds. The summed E-state index contributed by atoms with van der Waals surface area (Å²) in [5.74, 6) is 0.405. The quantitative estimate of drug-likeness (QED) is 0.703. The Labute approximate surface area is 163 Å². The molecular weight excluding hydrogens is 362 g/mol. The van der Waals surface area contributed by atoms with Gasteiger partial charge in [0.25, 0.3) is 5.91 Å². The van der Waals surface area contributed by atoms with Gasteiger partial charge in [-0.15, -0.1) is 10.2 Å². The number of nitrogens with one attached hydrogen (secondary N) is 1. The first-order valence-electron chi connectivity index (χ1n) is 8.54. The first-order valence-corrected chi connectivity index (χ1v) is 8.92. The third-order valence-electron chi connectivity index (χ3n) is 4.20. The highest BCUT2D eigenvalue weighted by atomic mass is 35.5. The molecule has 2 heterocycles. The molecule has 0 aliphatic rings. The summed E-state index contributed by atoms with van der Waals surface area (Å²) >= 11 is 5.94. The molecule has 0 unspecified atom stereocenters. The van der Waals surface area contributed by atoms with E-state index in [0.29, 0.717) is 16.5 Å². The summed E-state index contributed by atoms with van der Waals surface area (Å²) in [4.78, 5) is 18.4. The number of rotatable bonds is 6. The number of nitrogens with zero attached hydrogens (tertiary/aromatic N) is 4. The predicted octanol–water partition coefficient (Wildman–Crippen LogP) is 3.76. The second-order valence-electron chi connectivity index (χ2n) is 6.22. The average Bonchev–Trinajstić information content (AvgIpc) is 2.69. The van der Waals surface area contributed by atoms with Crippen LogP contribution in [0, 0.1) is 6.92 Å². The van der Waals surface area contributed by atoms with Crippen molar-refractivity contribution in [3.63, 3.8) is 0 Å². The Hall–Kier alpha value is -2.99. The molecule has 7 heteroatoms. The molecule has 0 saturated heterocycles. The van der Waals surface area contributed by atoms with Crippen molar-refractivity contribution in [2.24, 2.45) is 0 Å². The number of aryl methyl sites for hydroxylation is 1. The lowest BCUT2D eigenvalue weighted by Gasteiger charge is -2.17. The fourth-order valence-corrected chi connectivity index (χ4v) is 2.79. The summed E-state index contributed by atoms with van der Waals surface area (Å²) in [6.45, 7) is 2.67. The number of anilines is 2. The van der Waals surface area contributed by atoms with Crippen molar-refractivity contribution in [2.45, 2.75) is 13.3 Å². The Morgan fingerprint density at radius 2 is 1.89 bits per heavy atom. The normalized spacial score (nSPS) is 10.5. The van der Waals surface area contributed by atoms with Crippen LogP contribution in [0.1, 0.15) is 21.6 Å². The molecule has 0 aliphatic carbocycles. The van der Waals surface area contributed by atoms with Crippen LogP contribution < -0.4 is 10.2 Å². The van der Waals surface area contributed by atoms with E-state index in [1.165, 1.54) is 5.56 Å². The Kier molecular flexibility index (Phi) is 5.98. The van der Waals surface area contributed by atoms with Crippen molar-refractivity contribution >= 4 is 29.0 Å². The Morgan fingerprint density at radius 3 is 2.56 bits per heavy atom. The number of carbonyl (C=O) groups is 1. The molecule has 0 saturated carbocycles. The number of likely N-dealkylation sites (N-methyl/N-ethyl adjacent to an activating group) is 1. The van der Waals surface area contributed by atoms with Crippen LogP contribution in [-0.4, -0.2) is 34.7 Å². The minimum Gasteiger partial charge on any atom is -0.358 e. The van der Waals surface area contributed by atoms with Gasteiger partial charge < -0.3 is 10.2 Å². The Balaban J connectivity index is 1.61. The van der Waals surface area contributed by atoms with Crippen LogP contribution in [0.4, 0.5) is 11.5 Å². The van der Waals surface area contributed by atoms with Gasteiger partial charge in [-0.2, -0.15) is 0 Å². The summed E-state index contributed by atoms with van der Waals surface area (Å²) in [6, 6.07) is 12.7. The van der Waals surface area contributed by atoms with Crippen molar-refractivity contribution in [1.29, 1.82) is 0 Å². The van der Waals surface area contributed by atoms with Gasteiger partial charge in [-0.1, -0.05) is 11.6 Å². The lowest BCUT2D eigenvalue weighted by molar-refractivity contribution is 0.102. The van der Waals surface area contributed by atoms with Crippen molar-refractivity contribution in [3.8, 4) is 0 Å². The van der Waals surface area contributed by atoms with Crippen LogP contribution in [0.5, 0.6) is 0 Å². The number of hydrogen-bond donors (Lipinski definition) is 1. The number of carbonyl (C=O) groups excluding carboxylic acids is 1. The first kappa shape index (κ1) is 18.8. The maximum absolute atomic E-state index is 12.4. The van der Waals surface area contributed by atoms with Gasteiger partial charge >= 0.3 is 0 Å². The third kappa shape index (κ3) is 5.01. The zero-order chi connectivity index (χ0) is 19.2. The lowest BCUT2D eigenvalue weighted by Crippen LogP contribution is -2.22. The number of pyridine rings is 1. The van der Waals surface area contributed by atoms with Gasteiger partial charge in [0, 0.05) is 36.7 Å². The number of amides is 1. The average molecular weight is 382 g/mol. The summed E-state index contributed by atoms with van der Waals surface area (Å²) in [5.41, 5.74) is 3.05. The predicted molar refractivity (Wildman–Crippen MR) is 107 cm³/mol. The highest BCUT2D eigenvalue weighted by molar-refractivity contribution is 6.30. The Morgan fingerprint density at radius 1 is 1.11 bits per heavy atom. The molecular formula is C20H20ClN5O. The van der Waals surface area contributed by atoms with Gasteiger partial charge in [0.1, 0.15) is 0 Å². The zero-order valence-corrected chi connectivity index (χ0v) is 15.9. The zero-order valence-electron chi connectivity index (χ0n) is 15.2. The standard InChI is InChI=1S/C20H20ClN5O/c1-14-13-16(21)3-4-17(14)23-20(27)18-5-6-19(25-24-18)26(2)12-9-15-7-10-22-11-8-15/h3-8,10-11,13H,9,12H2,1-2H3,(H,23,27). The summed E-state index contributed by atoms with van der Waals surface area (Å²) in [5, 5.41) is 11.7. The van der Waals surface area contributed by atoms with E-state index < -0.39 is 0 Å². The fraction of sp³-hybridized carbons (Fsp3) is 0.200. The van der Waals surface area contributed by atoms with E-state index in [4.69, 9.17) is 11.6 Å². The molecule has 1 aromatic carbocycles. The molecule has 1 N–H and O–H groups in total. The number of halogens is 1. The van der Waals surface area contributed by atoms with Gasteiger partial charge in [0.05, 0.1) is 0 Å². The molecule has 0 bridgehead atoms. The molecule has 3 aromatic rings. The second-order valence-corrected chi connectivity index (χ2v) is 6.65. The van der Waals surface area contributed by atoms with Gasteiger partial charge in [0.15, 0.2) is 11.5 Å². The maximum Gasteiger partial charge on any atom is 0.276 e. The van der Waals surface area contributed by atoms with E-state index >= 15 is 0 Å². The largest absolute Gasteiger partial charge is 0.358 e. The van der Waals surface area contributed by atoms with Crippen molar-refractivity contribution < 1.29 is 4.79 Å². The number of hydrogen-bond acceptors (Lipinski definition) is 5. The van der Waals surface area contributed by atoms with E-state index in [0.717, 1.165) is 18.5 Å². The summed E-state index contributed by atoms with van der Waals surface area (Å²) in [6.07, 6.45) is 4.44. The molecule has 0 spiro atoms. The minimum absolute atomic E-state index is 0.260. The van der Waals surface area contributed by atoms with E-state index in [2.05, 4.69) is 20.5 Å². The van der Waals surface area contributed by atoms with Crippen LogP contribution in [-0.2, 0) is 6.42 Å². The van der Waals surface area contributed by atoms with Gasteiger partial charge in [0.2, 0.25) is 0 Å². The lowest BCUT2D eigenvalue weighted by atomic mass is 10.2. The molecule has 0 radical (unpaired) electrons. The van der Waals surface area contributed by atoms with E-state index in [9.17, 15) is 4.79 Å². The summed E-state index contributed by atoms with van der Waals surface area (Å²) in [7, 11) is 1.95. The Bertz CT molecular complexity index is 915. The topological polar surface area (TPSA) is 71.0 Å². The maximum atomic E-state index is 12.4. The van der Waals surface area contributed by atoms with Crippen LogP contribution in [0.2, 0.25) is 5.02 Å². The van der Waals surface area contributed by atoms with Crippen molar-refractivity contribution in [2.75, 3.05) is 23.8 Å². The van der Waals surface area contributed by atoms with Gasteiger partial charge in [-0.3, -0.25) is 9.78 Å². The molecule has 3 rings (SSSR count). The highest BCUT2D eigenvalue weighted by Gasteiger charge is 2.11. The first-order chi connectivity index (χ1) is 13.0. The molecule has 2 aromatic heterocycles. The fourth-order valence-electron chi connectivity index (χ4n) is 2.56. The van der Waals surface area contributed by atoms with Crippen LogP contribution >= 0.6 is 11.6 Å². The minimum atomic E-state index is -0.307. The van der Waals surface area contributed by atoms with Crippen molar-refractivity contribution in [1.82, 2.24) is 15.2 Å². The van der Waals surface area contributed by atoms with E-state index in [1.54, 1.807) is 42.7 Å². The van der Waals surface area contributed by atoms with Crippen LogP contribution in [0.15, 0.2) is 54.9 Å². The molecule has 0 aliphatic heterocycles. The molecule has 27 heavy (non-hydrogen) atoms. The van der Waals surface area contributed by atoms with E-state index in [1.807, 2.05) is 31.0 Å². The number of aromatic nitrogens is 3. The summed E-state index contributed by atoms with van der Waals surface area (Å²) < 4.78 is 0.